The third kappa shape index (κ3) is 4.04. The summed E-state index contributed by atoms with van der Waals surface area (Å²) < 4.78 is 38.2. The average molecular weight is 297 g/mol. The van der Waals surface area contributed by atoms with E-state index in [0.29, 0.717) is 5.69 Å². The Kier molecular flexibility index (Phi) is 4.25. The SMILES string of the molecule is CNc1nc(NCc2cccc(C)n2)cc(C(F)(F)F)n1. The lowest BCUT2D eigenvalue weighted by Gasteiger charge is -2.11. The van der Waals surface area contributed by atoms with E-state index in [1.807, 2.05) is 19.1 Å². The number of hydrogen-bond acceptors (Lipinski definition) is 5. The molecular formula is C13H14F3N5. The molecule has 21 heavy (non-hydrogen) atoms. The van der Waals surface area contributed by atoms with Gasteiger partial charge in [0.2, 0.25) is 5.95 Å². The van der Waals surface area contributed by atoms with E-state index in [2.05, 4.69) is 25.6 Å². The Labute approximate surface area is 119 Å². The van der Waals surface area contributed by atoms with Crippen molar-refractivity contribution in [3.05, 3.63) is 41.3 Å². The molecule has 0 bridgehead atoms. The average Bonchev–Trinajstić information content (AvgIpc) is 2.44. The van der Waals surface area contributed by atoms with Gasteiger partial charge in [-0.1, -0.05) is 6.07 Å². The van der Waals surface area contributed by atoms with Crippen LogP contribution in [0.25, 0.3) is 0 Å². The van der Waals surface area contributed by atoms with Gasteiger partial charge in [-0.3, -0.25) is 4.98 Å². The lowest BCUT2D eigenvalue weighted by molar-refractivity contribution is -0.141. The number of pyridine rings is 1. The van der Waals surface area contributed by atoms with Gasteiger partial charge in [-0.2, -0.15) is 18.2 Å². The van der Waals surface area contributed by atoms with Gasteiger partial charge >= 0.3 is 6.18 Å². The van der Waals surface area contributed by atoms with Crippen molar-refractivity contribution in [2.45, 2.75) is 19.6 Å². The zero-order valence-corrected chi connectivity index (χ0v) is 11.5. The molecule has 0 atom stereocenters. The van der Waals surface area contributed by atoms with Crippen molar-refractivity contribution in [3.63, 3.8) is 0 Å². The van der Waals surface area contributed by atoms with E-state index in [1.165, 1.54) is 7.05 Å². The predicted molar refractivity (Wildman–Crippen MR) is 72.9 cm³/mol. The molecule has 0 aromatic carbocycles. The maximum Gasteiger partial charge on any atom is 0.433 e. The second-order valence-electron chi connectivity index (χ2n) is 4.33. The van der Waals surface area contributed by atoms with E-state index < -0.39 is 11.9 Å². The monoisotopic (exact) mass is 297 g/mol. The lowest BCUT2D eigenvalue weighted by Crippen LogP contribution is -2.13. The fraction of sp³-hybridized carbons (Fsp3) is 0.308. The van der Waals surface area contributed by atoms with Gasteiger partial charge in [0.1, 0.15) is 5.82 Å². The Morgan fingerprint density at radius 2 is 1.90 bits per heavy atom. The van der Waals surface area contributed by atoms with E-state index in [9.17, 15) is 13.2 Å². The quantitative estimate of drug-likeness (QED) is 0.908. The van der Waals surface area contributed by atoms with Crippen LogP contribution < -0.4 is 10.6 Å². The molecule has 2 heterocycles. The fourth-order valence-corrected chi connectivity index (χ4v) is 1.67. The van der Waals surface area contributed by atoms with Crippen molar-refractivity contribution in [3.8, 4) is 0 Å². The third-order valence-electron chi connectivity index (χ3n) is 2.64. The highest BCUT2D eigenvalue weighted by atomic mass is 19.4. The number of nitrogens with zero attached hydrogens (tertiary/aromatic N) is 3. The van der Waals surface area contributed by atoms with E-state index in [1.54, 1.807) is 6.07 Å². The molecule has 2 N–H and O–H groups in total. The van der Waals surface area contributed by atoms with E-state index >= 15 is 0 Å². The zero-order chi connectivity index (χ0) is 15.5. The summed E-state index contributed by atoms with van der Waals surface area (Å²) in [5.74, 6) is -0.00509. The van der Waals surface area contributed by atoms with Crippen LogP contribution in [0.2, 0.25) is 0 Å². The molecule has 0 aliphatic carbocycles. The Hall–Kier alpha value is -2.38. The van der Waals surface area contributed by atoms with Crippen LogP contribution in [0.5, 0.6) is 0 Å². The smallest absolute Gasteiger partial charge is 0.364 e. The first-order valence-electron chi connectivity index (χ1n) is 6.19. The van der Waals surface area contributed by atoms with Crippen molar-refractivity contribution in [1.29, 1.82) is 0 Å². The molecule has 2 rings (SSSR count). The maximum atomic E-state index is 12.7. The number of aryl methyl sites for hydroxylation is 1. The van der Waals surface area contributed by atoms with E-state index in [0.717, 1.165) is 11.8 Å². The summed E-state index contributed by atoms with van der Waals surface area (Å²) in [6, 6.07) is 6.33. The number of hydrogen-bond donors (Lipinski definition) is 2. The van der Waals surface area contributed by atoms with Gasteiger partial charge in [-0.15, -0.1) is 0 Å². The van der Waals surface area contributed by atoms with E-state index in [-0.39, 0.29) is 18.3 Å². The van der Waals surface area contributed by atoms with Crippen LogP contribution in [-0.2, 0) is 12.7 Å². The zero-order valence-electron chi connectivity index (χ0n) is 11.5. The molecule has 0 saturated carbocycles. The molecule has 8 heteroatoms. The summed E-state index contributed by atoms with van der Waals surface area (Å²) in [4.78, 5) is 11.6. The molecule has 0 radical (unpaired) electrons. The van der Waals surface area contributed by atoms with Crippen LogP contribution in [0.15, 0.2) is 24.3 Å². The summed E-state index contributed by atoms with van der Waals surface area (Å²) in [6.07, 6.45) is -4.52. The second kappa shape index (κ2) is 5.94. The predicted octanol–water partition coefficient (Wildman–Crippen LogP) is 2.85. The highest BCUT2D eigenvalue weighted by molar-refractivity contribution is 5.43. The number of rotatable bonds is 4. The molecule has 0 aliphatic heterocycles. The van der Waals surface area contributed by atoms with Crippen molar-refractivity contribution >= 4 is 11.8 Å². The van der Waals surface area contributed by atoms with Crippen molar-refractivity contribution in [2.75, 3.05) is 17.7 Å². The van der Waals surface area contributed by atoms with E-state index in [4.69, 9.17) is 0 Å². The largest absolute Gasteiger partial charge is 0.433 e. The standard InChI is InChI=1S/C13H14F3N5/c1-8-4-3-5-9(19-8)7-18-11-6-10(13(14,15)16)20-12(17-2)21-11/h3-6H,7H2,1-2H3,(H2,17,18,20,21). The highest BCUT2D eigenvalue weighted by Crippen LogP contribution is 2.29. The summed E-state index contributed by atoms with van der Waals surface area (Å²) in [5.41, 5.74) is 0.554. The van der Waals surface area contributed by atoms with Crippen molar-refractivity contribution < 1.29 is 13.2 Å². The molecule has 0 fully saturated rings. The van der Waals surface area contributed by atoms with Crippen molar-refractivity contribution in [1.82, 2.24) is 15.0 Å². The minimum absolute atomic E-state index is 0.0879. The summed E-state index contributed by atoms with van der Waals surface area (Å²) in [5, 5.41) is 5.33. The number of halogens is 3. The van der Waals surface area contributed by atoms with Gasteiger partial charge in [-0.05, 0) is 19.1 Å². The summed E-state index contributed by atoms with van der Waals surface area (Å²) in [6.45, 7) is 2.12. The minimum Gasteiger partial charge on any atom is -0.364 e. The normalized spacial score (nSPS) is 11.3. The van der Waals surface area contributed by atoms with Gasteiger partial charge in [0.15, 0.2) is 5.69 Å². The second-order valence-corrected chi connectivity index (χ2v) is 4.33. The van der Waals surface area contributed by atoms with Crippen molar-refractivity contribution in [2.24, 2.45) is 0 Å². The molecule has 0 amide bonds. The number of alkyl halides is 3. The van der Waals surface area contributed by atoms with Crippen LogP contribution in [0, 0.1) is 6.92 Å². The van der Waals surface area contributed by atoms with Crippen LogP contribution in [0.3, 0.4) is 0 Å². The first-order chi connectivity index (χ1) is 9.88. The van der Waals surface area contributed by atoms with Gasteiger partial charge in [0, 0.05) is 18.8 Å². The lowest BCUT2D eigenvalue weighted by atomic mass is 10.3. The molecular weight excluding hydrogens is 283 g/mol. The molecule has 0 aliphatic rings. The van der Waals surface area contributed by atoms with Crippen LogP contribution in [0.1, 0.15) is 17.1 Å². The Morgan fingerprint density at radius 3 is 2.52 bits per heavy atom. The van der Waals surface area contributed by atoms with Crippen LogP contribution >= 0.6 is 0 Å². The Morgan fingerprint density at radius 1 is 1.14 bits per heavy atom. The topological polar surface area (TPSA) is 62.7 Å². The molecule has 0 spiro atoms. The van der Waals surface area contributed by atoms with Gasteiger partial charge in [-0.25, -0.2) is 4.98 Å². The maximum absolute atomic E-state index is 12.7. The van der Waals surface area contributed by atoms with Gasteiger partial charge in [0.25, 0.3) is 0 Å². The minimum atomic E-state index is -4.52. The summed E-state index contributed by atoms with van der Waals surface area (Å²) >= 11 is 0. The Bertz CT molecular complexity index is 627. The molecule has 0 unspecified atom stereocenters. The summed E-state index contributed by atoms with van der Waals surface area (Å²) in [7, 11) is 1.46. The molecule has 2 aromatic rings. The number of aromatic nitrogens is 3. The first kappa shape index (κ1) is 15.0. The highest BCUT2D eigenvalue weighted by Gasteiger charge is 2.33. The molecule has 0 saturated heterocycles. The van der Waals surface area contributed by atoms with Gasteiger partial charge < -0.3 is 10.6 Å². The Balaban J connectivity index is 2.19. The fourth-order valence-electron chi connectivity index (χ4n) is 1.67. The number of nitrogens with one attached hydrogen (secondary N) is 2. The number of anilines is 2. The van der Waals surface area contributed by atoms with Crippen LogP contribution in [0.4, 0.5) is 24.9 Å². The van der Waals surface area contributed by atoms with Crippen LogP contribution in [-0.4, -0.2) is 22.0 Å². The molecule has 5 nitrogen and oxygen atoms in total. The first-order valence-corrected chi connectivity index (χ1v) is 6.19. The van der Waals surface area contributed by atoms with Gasteiger partial charge in [0.05, 0.1) is 12.2 Å². The molecule has 2 aromatic heterocycles. The molecule has 112 valence electrons. The third-order valence-corrected chi connectivity index (χ3v) is 2.64.